The third-order valence-corrected chi connectivity index (χ3v) is 7.52. The van der Waals surface area contributed by atoms with E-state index < -0.39 is 38.4 Å². The fraction of sp³-hybridized carbons (Fsp3) is 0.391. The number of halogens is 3. The number of anilines is 1. The minimum atomic E-state index is -4.54. The van der Waals surface area contributed by atoms with Gasteiger partial charge < -0.3 is 14.5 Å². The van der Waals surface area contributed by atoms with E-state index >= 15 is 0 Å². The Balaban J connectivity index is 1.53. The minimum absolute atomic E-state index is 0.146. The highest BCUT2D eigenvalue weighted by Crippen LogP contribution is 2.28. The van der Waals surface area contributed by atoms with Crippen molar-refractivity contribution >= 4 is 15.7 Å². The molecule has 1 aliphatic rings. The third-order valence-electron chi connectivity index (χ3n) is 5.97. The Labute approximate surface area is 207 Å². The summed E-state index contributed by atoms with van der Waals surface area (Å²) >= 11 is 0. The number of hydrogen-bond donors (Lipinski definition) is 1. The first-order valence-corrected chi connectivity index (χ1v) is 12.9. The monoisotopic (exact) mass is 524 g/mol. The van der Waals surface area contributed by atoms with Crippen molar-refractivity contribution in [3.8, 4) is 11.8 Å². The summed E-state index contributed by atoms with van der Waals surface area (Å²) in [6, 6.07) is 7.94. The number of aromatic nitrogens is 3. The lowest BCUT2D eigenvalue weighted by Gasteiger charge is -2.34. The molecule has 0 unspecified atom stereocenters. The van der Waals surface area contributed by atoms with Crippen LogP contribution in [0.5, 0.6) is 11.8 Å². The molecule has 0 spiro atoms. The van der Waals surface area contributed by atoms with E-state index in [0.29, 0.717) is 24.4 Å². The van der Waals surface area contributed by atoms with E-state index in [4.69, 9.17) is 4.74 Å². The van der Waals surface area contributed by atoms with Crippen LogP contribution in [0, 0.1) is 17.5 Å². The smallest absolute Gasteiger partial charge is 0.322 e. The highest BCUT2D eigenvalue weighted by Gasteiger charge is 2.28. The quantitative estimate of drug-likeness (QED) is 0.452. The van der Waals surface area contributed by atoms with Gasteiger partial charge in [-0.1, -0.05) is 11.2 Å². The molecule has 1 aliphatic heterocycles. The number of rotatable bonds is 8. The molecule has 36 heavy (non-hydrogen) atoms. The largest absolute Gasteiger partial charge is 0.424 e. The molecule has 1 saturated heterocycles. The lowest BCUT2D eigenvalue weighted by atomic mass is 10.2. The van der Waals surface area contributed by atoms with Gasteiger partial charge in [-0.2, -0.15) is 0 Å². The summed E-state index contributed by atoms with van der Waals surface area (Å²) in [4.78, 5) is 3.52. The predicted molar refractivity (Wildman–Crippen MR) is 127 cm³/mol. The highest BCUT2D eigenvalue weighted by molar-refractivity contribution is 7.89. The van der Waals surface area contributed by atoms with Crippen molar-refractivity contribution in [1.29, 1.82) is 0 Å². The molecule has 3 aromatic rings. The molecule has 0 aliphatic carbocycles. The van der Waals surface area contributed by atoms with Gasteiger partial charge in [-0.05, 0) is 45.2 Å². The van der Waals surface area contributed by atoms with Gasteiger partial charge in [-0.3, -0.25) is 4.57 Å². The van der Waals surface area contributed by atoms with Crippen LogP contribution in [-0.2, 0) is 16.6 Å². The highest BCUT2D eigenvalue weighted by atomic mass is 32.2. The van der Waals surface area contributed by atoms with Gasteiger partial charge in [0.2, 0.25) is 10.0 Å². The first-order valence-electron chi connectivity index (χ1n) is 11.4. The number of piperazine rings is 1. The van der Waals surface area contributed by atoms with E-state index in [-0.39, 0.29) is 11.8 Å². The normalized spacial score (nSPS) is 15.8. The Kier molecular flexibility index (Phi) is 7.52. The summed E-state index contributed by atoms with van der Waals surface area (Å²) in [5, 5.41) is 8.11. The van der Waals surface area contributed by atoms with Crippen LogP contribution < -0.4 is 14.4 Å². The molecule has 0 radical (unpaired) electrons. The number of likely N-dealkylation sites (N-methyl/N-ethyl adjacent to an activating group) is 1. The van der Waals surface area contributed by atoms with E-state index in [1.807, 2.05) is 18.2 Å². The van der Waals surface area contributed by atoms with E-state index in [0.717, 1.165) is 31.9 Å². The van der Waals surface area contributed by atoms with Crippen LogP contribution in [0.3, 0.4) is 0 Å². The number of nitrogens with one attached hydrogen (secondary N) is 1. The van der Waals surface area contributed by atoms with Gasteiger partial charge in [0.05, 0.1) is 6.04 Å². The molecule has 9 nitrogen and oxygen atoms in total. The Morgan fingerprint density at radius 2 is 1.78 bits per heavy atom. The van der Waals surface area contributed by atoms with Crippen LogP contribution in [0.25, 0.3) is 0 Å². The molecule has 0 saturated carbocycles. The van der Waals surface area contributed by atoms with Crippen molar-refractivity contribution in [2.45, 2.75) is 31.3 Å². The summed E-state index contributed by atoms with van der Waals surface area (Å²) in [5.41, 5.74) is 1.01. The Hall–Kier alpha value is -3.16. The second-order valence-corrected chi connectivity index (χ2v) is 10.2. The molecule has 1 aromatic heterocycles. The van der Waals surface area contributed by atoms with E-state index in [9.17, 15) is 21.6 Å². The average molecular weight is 525 g/mol. The molecule has 1 fully saturated rings. The van der Waals surface area contributed by atoms with Gasteiger partial charge in [0.25, 0.3) is 0 Å². The molecule has 0 bridgehead atoms. The fourth-order valence-corrected chi connectivity index (χ4v) is 5.24. The molecule has 194 valence electrons. The maximum Gasteiger partial charge on any atom is 0.322 e. The summed E-state index contributed by atoms with van der Waals surface area (Å²) < 4.78 is 76.0. The summed E-state index contributed by atoms with van der Waals surface area (Å²) in [5.74, 6) is -4.40. The van der Waals surface area contributed by atoms with Gasteiger partial charge in [-0.25, -0.2) is 26.3 Å². The number of benzene rings is 2. The molecule has 4 rings (SSSR count). The second-order valence-electron chi connectivity index (χ2n) is 8.49. The molecular formula is C23H27F3N6O3S. The van der Waals surface area contributed by atoms with Gasteiger partial charge in [0, 0.05) is 44.5 Å². The van der Waals surface area contributed by atoms with E-state index in [2.05, 4.69) is 31.8 Å². The van der Waals surface area contributed by atoms with Crippen LogP contribution >= 0.6 is 0 Å². The number of nitrogens with zero attached hydrogens (tertiary/aromatic N) is 5. The summed E-state index contributed by atoms with van der Waals surface area (Å²) in [6.45, 7) is 7.33. The zero-order valence-corrected chi connectivity index (χ0v) is 20.9. The van der Waals surface area contributed by atoms with Crippen LogP contribution in [0.4, 0.5) is 18.9 Å². The zero-order valence-electron chi connectivity index (χ0n) is 20.1. The fourth-order valence-electron chi connectivity index (χ4n) is 3.97. The van der Waals surface area contributed by atoms with Crippen molar-refractivity contribution in [2.75, 3.05) is 38.1 Å². The maximum absolute atomic E-state index is 14.1. The van der Waals surface area contributed by atoms with E-state index in [1.165, 1.54) is 6.92 Å². The third kappa shape index (κ3) is 5.32. The lowest BCUT2D eigenvalue weighted by molar-refractivity contribution is 0.312. The second kappa shape index (κ2) is 10.4. The Morgan fingerprint density at radius 1 is 1.06 bits per heavy atom. The molecule has 2 aromatic carbocycles. The standard InChI is InChI=1S/C23H27F3N6O3S/c1-4-32-22(15(2)29-36(33,34)19-9-8-18(24)20(25)21(19)26)27-28-23(32)35-17-7-5-6-16(14-17)31-12-10-30(3)11-13-31/h5-9,14-15,29H,4,10-13H2,1-3H3/t15-/m1/s1. The molecule has 1 atom stereocenters. The van der Waals surface area contributed by atoms with Crippen LogP contribution in [0.1, 0.15) is 25.7 Å². The molecular weight excluding hydrogens is 497 g/mol. The van der Waals surface area contributed by atoms with Gasteiger partial charge in [0.15, 0.2) is 23.3 Å². The van der Waals surface area contributed by atoms with Crippen LogP contribution in [0.15, 0.2) is 41.3 Å². The maximum atomic E-state index is 14.1. The molecule has 1 N–H and O–H groups in total. The SMILES string of the molecule is CCn1c(Oc2cccc(N3CCN(C)CC3)c2)nnc1[C@@H](C)NS(=O)(=O)c1ccc(F)c(F)c1F. The van der Waals surface area contributed by atoms with Crippen LogP contribution in [0.2, 0.25) is 0 Å². The Morgan fingerprint density at radius 3 is 2.47 bits per heavy atom. The predicted octanol–water partition coefficient (Wildman–Crippen LogP) is 3.30. The first kappa shape index (κ1) is 25.9. The summed E-state index contributed by atoms with van der Waals surface area (Å²) in [6.07, 6.45) is 0. The van der Waals surface area contributed by atoms with Crippen molar-refractivity contribution < 1.29 is 26.3 Å². The Bertz CT molecular complexity index is 1340. The van der Waals surface area contributed by atoms with Crippen molar-refractivity contribution in [3.05, 3.63) is 59.7 Å². The van der Waals surface area contributed by atoms with Crippen molar-refractivity contribution in [3.63, 3.8) is 0 Å². The van der Waals surface area contributed by atoms with Crippen molar-refractivity contribution in [2.24, 2.45) is 0 Å². The van der Waals surface area contributed by atoms with Crippen LogP contribution in [-0.4, -0.2) is 61.3 Å². The number of hydrogen-bond acceptors (Lipinski definition) is 7. The molecule has 13 heteroatoms. The van der Waals surface area contributed by atoms with Gasteiger partial charge in [-0.15, -0.1) is 5.10 Å². The molecule has 2 heterocycles. The summed E-state index contributed by atoms with van der Waals surface area (Å²) in [7, 11) is -2.45. The molecule has 0 amide bonds. The first-order chi connectivity index (χ1) is 17.1. The van der Waals surface area contributed by atoms with Crippen molar-refractivity contribution in [1.82, 2.24) is 24.4 Å². The topological polar surface area (TPSA) is 92.6 Å². The van der Waals surface area contributed by atoms with Gasteiger partial charge in [0.1, 0.15) is 10.6 Å². The number of ether oxygens (including phenoxy) is 1. The minimum Gasteiger partial charge on any atom is -0.424 e. The lowest BCUT2D eigenvalue weighted by Crippen LogP contribution is -2.44. The van der Waals surface area contributed by atoms with E-state index in [1.54, 1.807) is 17.6 Å². The average Bonchev–Trinajstić information content (AvgIpc) is 3.25. The van der Waals surface area contributed by atoms with Gasteiger partial charge >= 0.3 is 6.01 Å². The zero-order chi connectivity index (χ0) is 26.0. The number of sulfonamides is 1.